The number of hydrogen-bond donors (Lipinski definition) is 1. The summed E-state index contributed by atoms with van der Waals surface area (Å²) in [5.41, 5.74) is 1.58. The molecule has 0 saturated heterocycles. The molecule has 0 radical (unpaired) electrons. The lowest BCUT2D eigenvalue weighted by molar-refractivity contribution is 0.0948. The van der Waals surface area contributed by atoms with Gasteiger partial charge in [-0.15, -0.1) is 0 Å². The fourth-order valence-electron chi connectivity index (χ4n) is 2.04. The van der Waals surface area contributed by atoms with Crippen molar-refractivity contribution in [2.24, 2.45) is 7.05 Å². The highest BCUT2D eigenvalue weighted by Gasteiger charge is 2.19. The SMILES string of the molecule is CNC(=O)c1c(OCc2ccccc2)c(=O)cc(C)n1C. The molecule has 2 aromatic rings. The predicted molar refractivity (Wildman–Crippen MR) is 80.6 cm³/mol. The van der Waals surface area contributed by atoms with Crippen molar-refractivity contribution in [3.8, 4) is 5.75 Å². The average Bonchev–Trinajstić information content (AvgIpc) is 2.49. The Morgan fingerprint density at radius 3 is 2.57 bits per heavy atom. The van der Waals surface area contributed by atoms with Crippen LogP contribution < -0.4 is 15.5 Å². The molecule has 1 amide bonds. The Hall–Kier alpha value is -2.56. The number of pyridine rings is 1. The maximum atomic E-state index is 12.1. The van der Waals surface area contributed by atoms with Crippen LogP contribution in [0.15, 0.2) is 41.2 Å². The number of nitrogens with zero attached hydrogens (tertiary/aromatic N) is 1. The summed E-state index contributed by atoms with van der Waals surface area (Å²) in [4.78, 5) is 24.2. The third-order valence-electron chi connectivity index (χ3n) is 3.31. The molecule has 0 bridgehead atoms. The van der Waals surface area contributed by atoms with Gasteiger partial charge in [-0.2, -0.15) is 0 Å². The summed E-state index contributed by atoms with van der Waals surface area (Å²) in [7, 11) is 3.25. The van der Waals surface area contributed by atoms with Gasteiger partial charge in [0.2, 0.25) is 5.43 Å². The molecule has 1 heterocycles. The Bertz CT molecular complexity index is 705. The first-order chi connectivity index (χ1) is 10.0. The Kier molecular flexibility index (Phi) is 4.42. The van der Waals surface area contributed by atoms with E-state index in [1.165, 1.54) is 13.1 Å². The molecule has 1 aromatic carbocycles. The number of benzene rings is 1. The van der Waals surface area contributed by atoms with E-state index < -0.39 is 0 Å². The number of ether oxygens (including phenoxy) is 1. The molecular formula is C16H18N2O3. The van der Waals surface area contributed by atoms with Gasteiger partial charge in [0, 0.05) is 25.9 Å². The van der Waals surface area contributed by atoms with E-state index in [1.54, 1.807) is 18.5 Å². The largest absolute Gasteiger partial charge is 0.483 e. The van der Waals surface area contributed by atoms with Crippen LogP contribution in [0.3, 0.4) is 0 Å². The highest BCUT2D eigenvalue weighted by atomic mass is 16.5. The van der Waals surface area contributed by atoms with E-state index in [-0.39, 0.29) is 29.4 Å². The van der Waals surface area contributed by atoms with E-state index in [4.69, 9.17) is 4.74 Å². The third-order valence-corrected chi connectivity index (χ3v) is 3.31. The fraction of sp³-hybridized carbons (Fsp3) is 0.250. The summed E-state index contributed by atoms with van der Waals surface area (Å²) < 4.78 is 7.27. The van der Waals surface area contributed by atoms with Gasteiger partial charge in [-0.25, -0.2) is 0 Å². The van der Waals surface area contributed by atoms with Crippen molar-refractivity contribution < 1.29 is 9.53 Å². The van der Waals surface area contributed by atoms with Crippen LogP contribution in [0.25, 0.3) is 0 Å². The summed E-state index contributed by atoms with van der Waals surface area (Å²) in [5.74, 6) is -0.271. The molecule has 110 valence electrons. The summed E-state index contributed by atoms with van der Waals surface area (Å²) in [6.07, 6.45) is 0. The smallest absolute Gasteiger partial charge is 0.271 e. The fourth-order valence-corrected chi connectivity index (χ4v) is 2.04. The van der Waals surface area contributed by atoms with Crippen molar-refractivity contribution in [3.05, 3.63) is 63.6 Å². The number of carbonyl (C=O) groups excluding carboxylic acids is 1. The molecule has 21 heavy (non-hydrogen) atoms. The van der Waals surface area contributed by atoms with Crippen molar-refractivity contribution in [2.45, 2.75) is 13.5 Å². The van der Waals surface area contributed by atoms with Crippen molar-refractivity contribution in [1.29, 1.82) is 0 Å². The minimum Gasteiger partial charge on any atom is -0.483 e. The van der Waals surface area contributed by atoms with E-state index >= 15 is 0 Å². The Morgan fingerprint density at radius 2 is 1.95 bits per heavy atom. The number of rotatable bonds is 4. The standard InChI is InChI=1S/C16H18N2O3/c1-11-9-13(19)15(14(18(11)3)16(20)17-2)21-10-12-7-5-4-6-8-12/h4-9H,10H2,1-3H3,(H,17,20). The predicted octanol–water partition coefficient (Wildman–Crippen LogP) is 1.63. The Morgan fingerprint density at radius 1 is 1.29 bits per heavy atom. The van der Waals surface area contributed by atoms with Gasteiger partial charge >= 0.3 is 0 Å². The summed E-state index contributed by atoms with van der Waals surface area (Å²) in [6.45, 7) is 2.01. The van der Waals surface area contributed by atoms with E-state index in [9.17, 15) is 9.59 Å². The lowest BCUT2D eigenvalue weighted by atomic mass is 10.2. The van der Waals surface area contributed by atoms with E-state index in [2.05, 4.69) is 5.32 Å². The normalized spacial score (nSPS) is 10.2. The highest BCUT2D eigenvalue weighted by molar-refractivity contribution is 5.95. The van der Waals surface area contributed by atoms with E-state index in [1.807, 2.05) is 30.3 Å². The van der Waals surface area contributed by atoms with Crippen LogP contribution in [0.2, 0.25) is 0 Å². The molecule has 1 aromatic heterocycles. The van der Waals surface area contributed by atoms with Crippen molar-refractivity contribution in [1.82, 2.24) is 9.88 Å². The minimum absolute atomic E-state index is 0.0753. The summed E-state index contributed by atoms with van der Waals surface area (Å²) in [5, 5.41) is 2.54. The molecule has 0 aliphatic heterocycles. The number of hydrogen-bond acceptors (Lipinski definition) is 3. The maximum Gasteiger partial charge on any atom is 0.271 e. The average molecular weight is 286 g/mol. The van der Waals surface area contributed by atoms with E-state index in [0.717, 1.165) is 5.56 Å². The molecule has 1 N–H and O–H groups in total. The van der Waals surface area contributed by atoms with Crippen molar-refractivity contribution in [3.63, 3.8) is 0 Å². The molecule has 0 aliphatic rings. The van der Waals surface area contributed by atoms with Crippen LogP contribution in [0.1, 0.15) is 21.7 Å². The zero-order valence-electron chi connectivity index (χ0n) is 12.3. The number of aryl methyl sites for hydroxylation is 1. The number of amides is 1. The monoisotopic (exact) mass is 286 g/mol. The molecule has 5 heteroatoms. The van der Waals surface area contributed by atoms with Crippen molar-refractivity contribution in [2.75, 3.05) is 7.05 Å². The van der Waals surface area contributed by atoms with Crippen LogP contribution >= 0.6 is 0 Å². The second-order valence-corrected chi connectivity index (χ2v) is 4.74. The highest BCUT2D eigenvalue weighted by Crippen LogP contribution is 2.16. The first kappa shape index (κ1) is 14.8. The van der Waals surface area contributed by atoms with Crippen LogP contribution in [0.4, 0.5) is 0 Å². The lowest BCUT2D eigenvalue weighted by Gasteiger charge is -2.15. The zero-order chi connectivity index (χ0) is 15.4. The Labute approximate surface area is 123 Å². The number of nitrogens with one attached hydrogen (secondary N) is 1. The second-order valence-electron chi connectivity index (χ2n) is 4.74. The molecular weight excluding hydrogens is 268 g/mol. The van der Waals surface area contributed by atoms with Gasteiger partial charge < -0.3 is 14.6 Å². The summed E-state index contributed by atoms with van der Waals surface area (Å²) in [6, 6.07) is 11.0. The van der Waals surface area contributed by atoms with Crippen LogP contribution in [0, 0.1) is 6.92 Å². The molecule has 0 aliphatic carbocycles. The quantitative estimate of drug-likeness (QED) is 0.929. The molecule has 2 rings (SSSR count). The minimum atomic E-state index is -0.346. The molecule has 0 spiro atoms. The molecule has 0 fully saturated rings. The summed E-state index contributed by atoms with van der Waals surface area (Å²) >= 11 is 0. The topological polar surface area (TPSA) is 60.3 Å². The van der Waals surface area contributed by atoms with Crippen LogP contribution in [-0.4, -0.2) is 17.5 Å². The van der Waals surface area contributed by atoms with Gasteiger partial charge in [0.1, 0.15) is 6.61 Å². The van der Waals surface area contributed by atoms with Crippen LogP contribution in [0.5, 0.6) is 5.75 Å². The van der Waals surface area contributed by atoms with Gasteiger partial charge in [-0.3, -0.25) is 9.59 Å². The van der Waals surface area contributed by atoms with Crippen LogP contribution in [-0.2, 0) is 13.7 Å². The molecule has 0 unspecified atom stereocenters. The zero-order valence-corrected chi connectivity index (χ0v) is 12.3. The Balaban J connectivity index is 2.40. The van der Waals surface area contributed by atoms with Crippen molar-refractivity contribution >= 4 is 5.91 Å². The molecule has 0 atom stereocenters. The van der Waals surface area contributed by atoms with Gasteiger partial charge in [0.05, 0.1) is 0 Å². The first-order valence-corrected chi connectivity index (χ1v) is 6.64. The number of carbonyl (C=O) groups is 1. The number of aromatic nitrogens is 1. The first-order valence-electron chi connectivity index (χ1n) is 6.64. The van der Waals surface area contributed by atoms with Gasteiger partial charge in [0.15, 0.2) is 11.4 Å². The molecule has 0 saturated carbocycles. The maximum absolute atomic E-state index is 12.1. The second kappa shape index (κ2) is 6.26. The van der Waals surface area contributed by atoms with Gasteiger partial charge in [-0.1, -0.05) is 30.3 Å². The third kappa shape index (κ3) is 3.13. The van der Waals surface area contributed by atoms with Gasteiger partial charge in [-0.05, 0) is 12.5 Å². The lowest BCUT2D eigenvalue weighted by Crippen LogP contribution is -2.27. The molecule has 5 nitrogen and oxygen atoms in total. The van der Waals surface area contributed by atoms with Gasteiger partial charge in [0.25, 0.3) is 5.91 Å². The van der Waals surface area contributed by atoms with E-state index in [0.29, 0.717) is 5.69 Å².